The smallest absolute Gasteiger partial charge is 0.142 e. The van der Waals surface area contributed by atoms with Crippen molar-refractivity contribution >= 4 is 21.7 Å². The normalized spacial score (nSPS) is 10.4. The highest BCUT2D eigenvalue weighted by molar-refractivity contribution is 9.10. The van der Waals surface area contributed by atoms with Gasteiger partial charge < -0.3 is 9.64 Å². The second kappa shape index (κ2) is 6.08. The third-order valence-electron chi connectivity index (χ3n) is 2.16. The Morgan fingerprint density at radius 2 is 2.27 bits per heavy atom. The zero-order valence-electron chi connectivity index (χ0n) is 9.46. The minimum absolute atomic E-state index is 0.786. The number of pyridine rings is 1. The van der Waals surface area contributed by atoms with Gasteiger partial charge in [0.05, 0.1) is 4.47 Å². The van der Waals surface area contributed by atoms with E-state index >= 15 is 0 Å². The predicted molar refractivity (Wildman–Crippen MR) is 66.4 cm³/mol. The second-order valence-electron chi connectivity index (χ2n) is 3.59. The maximum Gasteiger partial charge on any atom is 0.142 e. The van der Waals surface area contributed by atoms with Gasteiger partial charge in [-0.15, -0.1) is 0 Å². The Labute approximate surface area is 99.6 Å². The Bertz CT molecular complexity index is 317. The molecule has 0 aliphatic rings. The molecular formula is C11H17BrN2O. The van der Waals surface area contributed by atoms with Crippen molar-refractivity contribution in [1.29, 1.82) is 0 Å². The first-order valence-corrected chi connectivity index (χ1v) is 5.76. The van der Waals surface area contributed by atoms with Gasteiger partial charge in [0.25, 0.3) is 0 Å². The summed E-state index contributed by atoms with van der Waals surface area (Å²) in [4.78, 5) is 6.52. The number of aromatic nitrogens is 1. The number of aryl methyl sites for hydroxylation is 1. The highest BCUT2D eigenvalue weighted by atomic mass is 79.9. The van der Waals surface area contributed by atoms with E-state index in [9.17, 15) is 0 Å². The molecule has 15 heavy (non-hydrogen) atoms. The van der Waals surface area contributed by atoms with Crippen molar-refractivity contribution in [3.63, 3.8) is 0 Å². The predicted octanol–water partition coefficient (Wildman–Crippen LogP) is 2.63. The number of anilines is 1. The number of methoxy groups -OCH3 is 1. The molecule has 84 valence electrons. The zero-order chi connectivity index (χ0) is 11.3. The fourth-order valence-electron chi connectivity index (χ4n) is 1.36. The lowest BCUT2D eigenvalue weighted by molar-refractivity contribution is 0.196. The molecule has 0 saturated carbocycles. The van der Waals surface area contributed by atoms with Crippen LogP contribution in [0.4, 0.5) is 5.82 Å². The Kier molecular flexibility index (Phi) is 5.05. The van der Waals surface area contributed by atoms with Gasteiger partial charge in [-0.05, 0) is 40.9 Å². The van der Waals surface area contributed by atoms with Gasteiger partial charge in [-0.2, -0.15) is 0 Å². The topological polar surface area (TPSA) is 25.4 Å². The SMILES string of the molecule is COCCCN(C)c1ncc(C)cc1Br. The molecule has 0 aliphatic carbocycles. The molecule has 0 fully saturated rings. The van der Waals surface area contributed by atoms with E-state index in [1.807, 2.05) is 20.2 Å². The van der Waals surface area contributed by atoms with Crippen LogP contribution in [0.1, 0.15) is 12.0 Å². The molecule has 0 spiro atoms. The first-order chi connectivity index (χ1) is 7.15. The highest BCUT2D eigenvalue weighted by Crippen LogP contribution is 2.23. The Morgan fingerprint density at radius 1 is 1.53 bits per heavy atom. The van der Waals surface area contributed by atoms with Crippen molar-refractivity contribution in [2.75, 3.05) is 32.2 Å². The maximum absolute atomic E-state index is 5.02. The first kappa shape index (κ1) is 12.5. The quantitative estimate of drug-likeness (QED) is 0.771. The lowest BCUT2D eigenvalue weighted by Gasteiger charge is -2.19. The molecule has 0 saturated heterocycles. The molecule has 0 atom stereocenters. The fourth-order valence-corrected chi connectivity index (χ4v) is 2.13. The number of halogens is 1. The number of hydrogen-bond acceptors (Lipinski definition) is 3. The summed E-state index contributed by atoms with van der Waals surface area (Å²) in [5.41, 5.74) is 1.16. The van der Waals surface area contributed by atoms with Gasteiger partial charge >= 0.3 is 0 Å². The second-order valence-corrected chi connectivity index (χ2v) is 4.44. The summed E-state index contributed by atoms with van der Waals surface area (Å²) in [6, 6.07) is 2.08. The Balaban J connectivity index is 2.61. The van der Waals surface area contributed by atoms with E-state index in [4.69, 9.17) is 4.74 Å². The Hall–Kier alpha value is -0.610. The van der Waals surface area contributed by atoms with Crippen LogP contribution in [0.3, 0.4) is 0 Å². The van der Waals surface area contributed by atoms with Crippen molar-refractivity contribution in [3.8, 4) is 0 Å². The molecule has 1 rings (SSSR count). The summed E-state index contributed by atoms with van der Waals surface area (Å²) in [5, 5.41) is 0. The third-order valence-corrected chi connectivity index (χ3v) is 2.75. The minimum atomic E-state index is 0.786. The summed E-state index contributed by atoms with van der Waals surface area (Å²) >= 11 is 3.52. The van der Waals surface area contributed by atoms with E-state index in [0.717, 1.165) is 35.4 Å². The average Bonchev–Trinajstić information content (AvgIpc) is 2.17. The van der Waals surface area contributed by atoms with Crippen LogP contribution < -0.4 is 4.90 Å². The van der Waals surface area contributed by atoms with E-state index in [0.29, 0.717) is 0 Å². The minimum Gasteiger partial charge on any atom is -0.385 e. The summed E-state index contributed by atoms with van der Waals surface area (Å²) < 4.78 is 6.06. The molecule has 0 amide bonds. The first-order valence-electron chi connectivity index (χ1n) is 4.97. The van der Waals surface area contributed by atoms with Crippen LogP contribution in [-0.2, 0) is 4.74 Å². The molecule has 0 unspecified atom stereocenters. The lowest BCUT2D eigenvalue weighted by atomic mass is 10.3. The van der Waals surface area contributed by atoms with E-state index in [1.165, 1.54) is 0 Å². The standard InChI is InChI=1S/C11H17BrN2O/c1-9-7-10(12)11(13-8-9)14(2)5-4-6-15-3/h7-8H,4-6H2,1-3H3. The van der Waals surface area contributed by atoms with Crippen LogP contribution in [0.15, 0.2) is 16.7 Å². The molecule has 4 heteroatoms. The number of hydrogen-bond donors (Lipinski definition) is 0. The molecule has 0 N–H and O–H groups in total. The van der Waals surface area contributed by atoms with E-state index in [2.05, 4.69) is 31.9 Å². The maximum atomic E-state index is 5.02. The fraction of sp³-hybridized carbons (Fsp3) is 0.545. The monoisotopic (exact) mass is 272 g/mol. The average molecular weight is 273 g/mol. The summed E-state index contributed by atoms with van der Waals surface area (Å²) in [5.74, 6) is 0.983. The van der Waals surface area contributed by atoms with Crippen molar-refractivity contribution in [3.05, 3.63) is 22.3 Å². The molecule has 0 aromatic carbocycles. The molecule has 3 nitrogen and oxygen atoms in total. The highest BCUT2D eigenvalue weighted by Gasteiger charge is 2.06. The van der Waals surface area contributed by atoms with Gasteiger partial charge in [0.1, 0.15) is 5.82 Å². The van der Waals surface area contributed by atoms with Gasteiger partial charge in [0, 0.05) is 33.5 Å². The van der Waals surface area contributed by atoms with Crippen molar-refractivity contribution in [2.24, 2.45) is 0 Å². The van der Waals surface area contributed by atoms with Crippen LogP contribution in [0.2, 0.25) is 0 Å². The van der Waals surface area contributed by atoms with Gasteiger partial charge in [-0.25, -0.2) is 4.98 Å². The van der Waals surface area contributed by atoms with Gasteiger partial charge in [-0.1, -0.05) is 0 Å². The van der Waals surface area contributed by atoms with Crippen molar-refractivity contribution in [1.82, 2.24) is 4.98 Å². The van der Waals surface area contributed by atoms with Gasteiger partial charge in [-0.3, -0.25) is 0 Å². The molecule has 1 aromatic rings. The largest absolute Gasteiger partial charge is 0.385 e. The van der Waals surface area contributed by atoms with Crippen molar-refractivity contribution < 1.29 is 4.74 Å². The van der Waals surface area contributed by atoms with Crippen LogP contribution in [-0.4, -0.2) is 32.3 Å². The number of ether oxygens (including phenoxy) is 1. The van der Waals surface area contributed by atoms with Crippen molar-refractivity contribution in [2.45, 2.75) is 13.3 Å². The van der Waals surface area contributed by atoms with E-state index in [1.54, 1.807) is 7.11 Å². The van der Waals surface area contributed by atoms with Crippen LogP contribution in [0.25, 0.3) is 0 Å². The molecular weight excluding hydrogens is 256 g/mol. The number of rotatable bonds is 5. The number of nitrogens with zero attached hydrogens (tertiary/aromatic N) is 2. The molecule has 0 bridgehead atoms. The van der Waals surface area contributed by atoms with Crippen LogP contribution in [0.5, 0.6) is 0 Å². The van der Waals surface area contributed by atoms with Crippen LogP contribution >= 0.6 is 15.9 Å². The summed E-state index contributed by atoms with van der Waals surface area (Å²) in [7, 11) is 3.76. The molecule has 0 radical (unpaired) electrons. The zero-order valence-corrected chi connectivity index (χ0v) is 11.0. The third kappa shape index (κ3) is 3.80. The molecule has 1 aromatic heterocycles. The molecule has 1 heterocycles. The van der Waals surface area contributed by atoms with Gasteiger partial charge in [0.2, 0.25) is 0 Å². The molecule has 0 aliphatic heterocycles. The summed E-state index contributed by atoms with van der Waals surface area (Å²) in [6.07, 6.45) is 2.89. The Morgan fingerprint density at radius 3 is 2.87 bits per heavy atom. The lowest BCUT2D eigenvalue weighted by Crippen LogP contribution is -2.21. The van der Waals surface area contributed by atoms with E-state index < -0.39 is 0 Å². The van der Waals surface area contributed by atoms with Crippen LogP contribution in [0, 0.1) is 6.92 Å². The van der Waals surface area contributed by atoms with E-state index in [-0.39, 0.29) is 0 Å². The summed E-state index contributed by atoms with van der Waals surface area (Å²) in [6.45, 7) is 3.77. The van der Waals surface area contributed by atoms with Gasteiger partial charge in [0.15, 0.2) is 0 Å².